The molecule has 1 aromatic carbocycles. The van der Waals surface area contributed by atoms with E-state index < -0.39 is 88.2 Å². The number of nitrogens with one attached hydrogen (secondary N) is 1. The maximum absolute atomic E-state index is 14.0. The number of fused-ring (bicyclic) bond motifs is 5. The number of aromatic hydroxyl groups is 1. The molecule has 1 aromatic heterocycles. The molecule has 2 aromatic rings. The van der Waals surface area contributed by atoms with Crippen LogP contribution >= 0.6 is 0 Å². The van der Waals surface area contributed by atoms with E-state index in [0.717, 1.165) is 6.20 Å². The van der Waals surface area contributed by atoms with Gasteiger partial charge in [0.25, 0.3) is 11.8 Å². The molecule has 3 aliphatic heterocycles. The van der Waals surface area contributed by atoms with Crippen LogP contribution in [0.5, 0.6) is 5.75 Å². The maximum atomic E-state index is 14.0. The molecular formula is C24H22F4N4O6. The molecule has 4 heterocycles. The van der Waals surface area contributed by atoms with Gasteiger partial charge in [-0.25, -0.2) is 17.6 Å². The molecule has 14 heteroatoms. The third-order valence-corrected chi connectivity index (χ3v) is 7.30. The number of hydrogen-bond donors (Lipinski definition) is 2. The summed E-state index contributed by atoms with van der Waals surface area (Å²) in [6.45, 7) is -1.66. The van der Waals surface area contributed by atoms with E-state index >= 15 is 0 Å². The zero-order valence-electron chi connectivity index (χ0n) is 20.0. The molecular weight excluding hydrogens is 516 g/mol. The Balaban J connectivity index is 1.55. The van der Waals surface area contributed by atoms with Crippen LogP contribution in [0.15, 0.2) is 28.3 Å². The van der Waals surface area contributed by atoms with E-state index in [1.807, 2.05) is 0 Å². The van der Waals surface area contributed by atoms with Crippen molar-refractivity contribution in [1.82, 2.24) is 14.8 Å². The van der Waals surface area contributed by atoms with E-state index in [4.69, 9.17) is 9.57 Å². The molecule has 3 atom stereocenters. The average Bonchev–Trinajstić information content (AvgIpc) is 3.24. The molecule has 3 aliphatic rings. The topological polar surface area (TPSA) is 122 Å². The van der Waals surface area contributed by atoms with Gasteiger partial charge in [0.1, 0.15) is 29.7 Å². The monoisotopic (exact) mass is 538 g/mol. The molecule has 0 aliphatic carbocycles. The number of nitrogens with zero attached hydrogens (tertiary/aromatic N) is 3. The zero-order valence-corrected chi connectivity index (χ0v) is 20.0. The lowest BCUT2D eigenvalue weighted by Crippen LogP contribution is -2.53. The molecule has 5 rings (SSSR count). The summed E-state index contributed by atoms with van der Waals surface area (Å²) in [6, 6.07) is -0.773. The first-order chi connectivity index (χ1) is 18.1. The van der Waals surface area contributed by atoms with Crippen molar-refractivity contribution in [2.75, 3.05) is 20.3 Å². The highest BCUT2D eigenvalue weighted by Gasteiger charge is 2.55. The van der Waals surface area contributed by atoms with E-state index in [1.54, 1.807) is 0 Å². The summed E-state index contributed by atoms with van der Waals surface area (Å²) in [5.41, 5.74) is -4.07. The highest BCUT2D eigenvalue weighted by Crippen LogP contribution is 2.46. The Kier molecular flexibility index (Phi) is 6.27. The number of ether oxygens (including phenoxy) is 1. The first kappa shape index (κ1) is 25.5. The van der Waals surface area contributed by atoms with E-state index in [0.29, 0.717) is 12.1 Å². The summed E-state index contributed by atoms with van der Waals surface area (Å²) >= 11 is 0. The SMILES string of the molecule is COC1=NO[C@@]2(CC[C@H](CF)N3C[C@H]2n2cc(C(=O)NCc4c(F)cc(F)cc4F)c(=O)c(O)c2C3=O)C1. The molecule has 2 bridgehead atoms. The van der Waals surface area contributed by atoms with Crippen LogP contribution in [-0.2, 0) is 16.1 Å². The van der Waals surface area contributed by atoms with Gasteiger partial charge >= 0.3 is 0 Å². The Bertz CT molecular complexity index is 1410. The molecule has 2 amide bonds. The van der Waals surface area contributed by atoms with E-state index in [9.17, 15) is 37.1 Å². The van der Waals surface area contributed by atoms with Gasteiger partial charge in [0.05, 0.1) is 25.6 Å². The number of alkyl halides is 1. The Morgan fingerprint density at radius 1 is 1.29 bits per heavy atom. The van der Waals surface area contributed by atoms with Crippen molar-refractivity contribution in [2.24, 2.45) is 5.16 Å². The number of benzene rings is 1. The number of carbonyl (C=O) groups excluding carboxylic acids is 2. The summed E-state index contributed by atoms with van der Waals surface area (Å²) < 4.78 is 61.6. The molecule has 2 N–H and O–H groups in total. The number of halogens is 4. The number of carbonyl (C=O) groups is 2. The third-order valence-electron chi connectivity index (χ3n) is 7.30. The lowest BCUT2D eigenvalue weighted by Gasteiger charge is -2.41. The molecule has 202 valence electrons. The molecule has 0 unspecified atom stereocenters. The zero-order chi connectivity index (χ0) is 27.4. The highest BCUT2D eigenvalue weighted by molar-refractivity contribution is 5.99. The lowest BCUT2D eigenvalue weighted by molar-refractivity contribution is -0.0655. The van der Waals surface area contributed by atoms with Crippen molar-refractivity contribution in [2.45, 2.75) is 43.5 Å². The van der Waals surface area contributed by atoms with Crippen LogP contribution in [0.4, 0.5) is 17.6 Å². The maximum Gasteiger partial charge on any atom is 0.274 e. The number of amides is 2. The van der Waals surface area contributed by atoms with E-state index in [2.05, 4.69) is 10.5 Å². The van der Waals surface area contributed by atoms with E-state index in [1.165, 1.54) is 16.6 Å². The first-order valence-electron chi connectivity index (χ1n) is 11.7. The number of pyridine rings is 1. The Morgan fingerprint density at radius 2 is 2.00 bits per heavy atom. The van der Waals surface area contributed by atoms with Crippen molar-refractivity contribution in [3.63, 3.8) is 0 Å². The summed E-state index contributed by atoms with van der Waals surface area (Å²) in [4.78, 5) is 46.1. The van der Waals surface area contributed by atoms with E-state index in [-0.39, 0.29) is 31.7 Å². The van der Waals surface area contributed by atoms with Crippen LogP contribution in [0.25, 0.3) is 0 Å². The van der Waals surface area contributed by atoms with Gasteiger partial charge in [0.15, 0.2) is 17.0 Å². The number of oxime groups is 1. The van der Waals surface area contributed by atoms with Gasteiger partial charge in [0.2, 0.25) is 11.3 Å². The van der Waals surface area contributed by atoms with Crippen LogP contribution in [0.1, 0.15) is 51.7 Å². The molecule has 38 heavy (non-hydrogen) atoms. The Morgan fingerprint density at radius 3 is 2.63 bits per heavy atom. The third kappa shape index (κ3) is 3.94. The molecule has 1 spiro atoms. The predicted molar refractivity (Wildman–Crippen MR) is 122 cm³/mol. The van der Waals surface area contributed by atoms with Crippen molar-refractivity contribution in [3.05, 3.63) is 62.8 Å². The van der Waals surface area contributed by atoms with Gasteiger partial charge in [-0.15, -0.1) is 0 Å². The number of rotatable bonds is 4. The standard InChI is InChI=1S/C24H22F4N4O6/c1-37-18-6-24(38-30-18)3-2-12(7-25)31-10-17(24)32-9-14(20(33)21(34)19(32)23(31)36)22(35)29-8-13-15(27)4-11(26)5-16(13)28/h4-5,9,12,17,34H,2-3,6-8,10H2,1H3,(H,29,35)/t12-,17-,24+/m1/s1. The predicted octanol–water partition coefficient (Wildman–Crippen LogP) is 2.15. The second-order valence-corrected chi connectivity index (χ2v) is 9.35. The average molecular weight is 538 g/mol. The normalized spacial score (nSPS) is 24.0. The fourth-order valence-electron chi connectivity index (χ4n) is 5.25. The fraction of sp³-hybridized carbons (Fsp3) is 0.417. The van der Waals surface area contributed by atoms with Crippen molar-refractivity contribution in [1.29, 1.82) is 0 Å². The minimum absolute atomic E-state index is 0.0672. The van der Waals surface area contributed by atoms with Crippen molar-refractivity contribution < 1.29 is 41.8 Å². The van der Waals surface area contributed by atoms with Gasteiger partial charge in [-0.05, 0) is 12.8 Å². The Hall–Kier alpha value is -4.10. The number of hydrogen-bond acceptors (Lipinski definition) is 7. The minimum atomic E-state index is -1.24. The summed E-state index contributed by atoms with van der Waals surface area (Å²) in [5.74, 6) is -6.33. The van der Waals surface area contributed by atoms with Gasteiger partial charge < -0.3 is 29.5 Å². The molecule has 0 saturated carbocycles. The van der Waals surface area contributed by atoms with Crippen LogP contribution in [-0.4, -0.2) is 64.3 Å². The summed E-state index contributed by atoms with van der Waals surface area (Å²) in [5, 5.41) is 16.9. The summed E-state index contributed by atoms with van der Waals surface area (Å²) in [6.07, 6.45) is 1.64. The van der Waals surface area contributed by atoms with Gasteiger partial charge in [-0.3, -0.25) is 14.4 Å². The van der Waals surface area contributed by atoms with Gasteiger partial charge in [-0.2, -0.15) is 0 Å². The highest BCUT2D eigenvalue weighted by atomic mass is 19.1. The molecule has 1 saturated heterocycles. The molecule has 10 nitrogen and oxygen atoms in total. The minimum Gasteiger partial charge on any atom is -0.503 e. The van der Waals surface area contributed by atoms with Crippen molar-refractivity contribution >= 4 is 17.7 Å². The molecule has 0 radical (unpaired) electrons. The van der Waals surface area contributed by atoms with Gasteiger partial charge in [0, 0.05) is 37.0 Å². The van der Waals surface area contributed by atoms with Crippen molar-refractivity contribution in [3.8, 4) is 5.75 Å². The number of aromatic nitrogens is 1. The van der Waals surface area contributed by atoms with Crippen LogP contribution in [0.2, 0.25) is 0 Å². The second kappa shape index (κ2) is 9.33. The quantitative estimate of drug-likeness (QED) is 0.576. The summed E-state index contributed by atoms with van der Waals surface area (Å²) in [7, 11) is 1.39. The van der Waals surface area contributed by atoms with Crippen LogP contribution in [0.3, 0.4) is 0 Å². The largest absolute Gasteiger partial charge is 0.503 e. The molecule has 1 fully saturated rings. The smallest absolute Gasteiger partial charge is 0.274 e. The van der Waals surface area contributed by atoms with Gasteiger partial charge in [-0.1, -0.05) is 5.16 Å². The Labute approximate surface area is 212 Å². The second-order valence-electron chi connectivity index (χ2n) is 9.35. The van der Waals surface area contributed by atoms with Crippen LogP contribution in [0, 0.1) is 17.5 Å². The lowest BCUT2D eigenvalue weighted by atomic mass is 9.85. The van der Waals surface area contributed by atoms with Crippen LogP contribution < -0.4 is 10.7 Å². The fourth-order valence-corrected chi connectivity index (χ4v) is 5.25. The first-order valence-corrected chi connectivity index (χ1v) is 11.7. The number of methoxy groups -OCH3 is 1.